The van der Waals surface area contributed by atoms with E-state index in [9.17, 15) is 4.79 Å². The van der Waals surface area contributed by atoms with Crippen LogP contribution in [0.1, 0.15) is 17.5 Å². The van der Waals surface area contributed by atoms with Gasteiger partial charge in [-0.1, -0.05) is 18.2 Å². The van der Waals surface area contributed by atoms with E-state index in [1.54, 1.807) is 6.08 Å². The lowest BCUT2D eigenvalue weighted by Crippen LogP contribution is -2.13. The number of hydrogen-bond acceptors (Lipinski definition) is 1. The van der Waals surface area contributed by atoms with E-state index >= 15 is 0 Å². The van der Waals surface area contributed by atoms with E-state index in [-0.39, 0.29) is 5.78 Å². The second-order valence-electron chi connectivity index (χ2n) is 3.66. The predicted molar refractivity (Wildman–Crippen MR) is 59.7 cm³/mol. The molecule has 0 amide bonds. The fourth-order valence-electron chi connectivity index (χ4n) is 1.57. The zero-order valence-electron chi connectivity index (χ0n) is 8.52. The lowest BCUT2D eigenvalue weighted by Gasteiger charge is -2.02. The summed E-state index contributed by atoms with van der Waals surface area (Å²) in [6.07, 6.45) is 5.86. The number of hydrogen-bond donors (Lipinski definition) is 0. The Hall–Kier alpha value is -1.70. The highest BCUT2D eigenvalue weighted by molar-refractivity contribution is 5.98. The lowest BCUT2D eigenvalue weighted by molar-refractivity contribution is -0.471. The Morgan fingerprint density at radius 3 is 2.93 bits per heavy atom. The van der Waals surface area contributed by atoms with Crippen molar-refractivity contribution in [1.29, 1.82) is 0 Å². The third-order valence-corrected chi connectivity index (χ3v) is 2.34. The van der Waals surface area contributed by atoms with Crippen molar-refractivity contribution in [3.63, 3.8) is 0 Å². The molecular formula is C13H13NO+. The first-order valence-electron chi connectivity index (χ1n) is 4.95. The van der Waals surface area contributed by atoms with E-state index in [2.05, 4.69) is 19.1 Å². The monoisotopic (exact) mass is 199 g/mol. The molecule has 0 aromatic heterocycles. The second kappa shape index (κ2) is 4.22. The summed E-state index contributed by atoms with van der Waals surface area (Å²) in [5.41, 5.74) is 2.22. The second-order valence-corrected chi connectivity index (χ2v) is 3.66. The number of ketones is 1. The molecule has 1 aromatic carbocycles. The Labute approximate surface area is 89.6 Å². The molecule has 0 fully saturated rings. The van der Waals surface area contributed by atoms with Crippen LogP contribution in [0.25, 0.3) is 0 Å². The molecule has 0 saturated heterocycles. The molecule has 0 bridgehead atoms. The molecule has 0 N–H and O–H groups in total. The summed E-state index contributed by atoms with van der Waals surface area (Å²) >= 11 is 0. The summed E-state index contributed by atoms with van der Waals surface area (Å²) in [7, 11) is 0. The number of allylic oxidation sites excluding steroid dienone is 1. The number of carbonyl (C=O) groups is 1. The van der Waals surface area contributed by atoms with Gasteiger partial charge in [-0.3, -0.25) is 4.79 Å². The molecule has 1 aliphatic heterocycles. The van der Waals surface area contributed by atoms with Crippen molar-refractivity contribution in [2.75, 3.05) is 0 Å². The highest BCUT2D eigenvalue weighted by atomic mass is 16.1. The van der Waals surface area contributed by atoms with Gasteiger partial charge in [0.05, 0.1) is 6.42 Å². The van der Waals surface area contributed by atoms with Crippen LogP contribution in [-0.4, -0.2) is 16.6 Å². The molecule has 1 radical (unpaired) electrons. The van der Waals surface area contributed by atoms with E-state index < -0.39 is 0 Å². The number of nitrogens with zero attached hydrogens (tertiary/aromatic N) is 1. The summed E-state index contributed by atoms with van der Waals surface area (Å²) < 4.78 is 2.02. The molecule has 0 unspecified atom stereocenters. The van der Waals surface area contributed by atoms with Gasteiger partial charge in [0, 0.05) is 11.6 Å². The van der Waals surface area contributed by atoms with Gasteiger partial charge >= 0.3 is 0 Å². The molecule has 0 atom stereocenters. The third-order valence-electron chi connectivity index (χ3n) is 2.34. The first kappa shape index (κ1) is 9.84. The molecular weight excluding hydrogens is 186 g/mol. The van der Waals surface area contributed by atoms with E-state index in [0.29, 0.717) is 6.42 Å². The van der Waals surface area contributed by atoms with E-state index in [0.717, 1.165) is 12.1 Å². The molecule has 1 aliphatic rings. The summed E-state index contributed by atoms with van der Waals surface area (Å²) in [6, 6.07) is 8.09. The topological polar surface area (TPSA) is 20.1 Å². The van der Waals surface area contributed by atoms with E-state index in [4.69, 9.17) is 0 Å². The lowest BCUT2D eigenvalue weighted by atomic mass is 10.1. The highest BCUT2D eigenvalue weighted by Crippen LogP contribution is 2.06. The van der Waals surface area contributed by atoms with Crippen molar-refractivity contribution in [3.05, 3.63) is 54.6 Å². The molecule has 2 heteroatoms. The van der Waals surface area contributed by atoms with Gasteiger partial charge in [-0.25, -0.2) is 4.58 Å². The first-order chi connectivity index (χ1) is 7.24. The summed E-state index contributed by atoms with van der Waals surface area (Å²) in [5, 5.41) is 0. The van der Waals surface area contributed by atoms with Crippen molar-refractivity contribution in [3.8, 4) is 0 Å². The Bertz CT molecular complexity index is 444. The largest absolute Gasteiger partial charge is 0.294 e. The Kier molecular flexibility index (Phi) is 2.77. The van der Waals surface area contributed by atoms with E-state index in [1.807, 2.05) is 29.1 Å². The molecule has 75 valence electrons. The SMILES string of the molecule is [CH2]c1cccc(C[N+]2=CCC(=O)C=C2)c1. The van der Waals surface area contributed by atoms with Crippen LogP contribution in [0, 0.1) is 6.92 Å². The van der Waals surface area contributed by atoms with E-state index in [1.165, 1.54) is 5.56 Å². The smallest absolute Gasteiger partial charge is 0.173 e. The molecule has 1 heterocycles. The predicted octanol–water partition coefficient (Wildman–Crippen LogP) is 1.94. The van der Waals surface area contributed by atoms with Crippen LogP contribution in [0.5, 0.6) is 0 Å². The summed E-state index contributed by atoms with van der Waals surface area (Å²) in [6.45, 7) is 4.68. The molecule has 0 aliphatic carbocycles. The minimum absolute atomic E-state index is 0.164. The standard InChI is InChI=1S/C13H13NO/c1-11-3-2-4-12(9-11)10-14-7-5-13(15)6-8-14/h2-5,7-9H,1,6,10H2/q+1. The molecule has 2 rings (SSSR count). The fourth-order valence-corrected chi connectivity index (χ4v) is 1.57. The molecule has 15 heavy (non-hydrogen) atoms. The van der Waals surface area contributed by atoms with Crippen LogP contribution < -0.4 is 0 Å². The quantitative estimate of drug-likeness (QED) is 0.666. The van der Waals surface area contributed by atoms with Gasteiger partial charge in [-0.2, -0.15) is 0 Å². The minimum Gasteiger partial charge on any atom is -0.294 e. The summed E-state index contributed by atoms with van der Waals surface area (Å²) in [5.74, 6) is 0.164. The van der Waals surface area contributed by atoms with Gasteiger partial charge in [0.2, 0.25) is 0 Å². The van der Waals surface area contributed by atoms with Crippen molar-refractivity contribution < 1.29 is 9.37 Å². The normalized spacial score (nSPS) is 15.3. The van der Waals surface area contributed by atoms with Crippen LogP contribution >= 0.6 is 0 Å². The maximum atomic E-state index is 11.0. The average Bonchev–Trinajstić information content (AvgIpc) is 2.22. The van der Waals surface area contributed by atoms with Gasteiger partial charge in [-0.15, -0.1) is 0 Å². The zero-order valence-corrected chi connectivity index (χ0v) is 8.52. The van der Waals surface area contributed by atoms with Crippen LogP contribution in [0.4, 0.5) is 0 Å². The molecule has 1 aromatic rings. The Morgan fingerprint density at radius 2 is 2.27 bits per heavy atom. The zero-order chi connectivity index (χ0) is 10.7. The third kappa shape index (κ3) is 2.62. The maximum Gasteiger partial charge on any atom is 0.173 e. The minimum atomic E-state index is 0.164. The van der Waals surface area contributed by atoms with Crippen LogP contribution in [0.2, 0.25) is 0 Å². The van der Waals surface area contributed by atoms with Gasteiger partial charge in [0.25, 0.3) is 0 Å². The van der Waals surface area contributed by atoms with Gasteiger partial charge < -0.3 is 0 Å². The number of rotatable bonds is 2. The molecule has 2 nitrogen and oxygen atoms in total. The maximum absolute atomic E-state index is 11.0. The van der Waals surface area contributed by atoms with Crippen LogP contribution in [0.3, 0.4) is 0 Å². The Morgan fingerprint density at radius 1 is 1.40 bits per heavy atom. The number of carbonyl (C=O) groups excluding carboxylic acids is 1. The fraction of sp³-hybridized carbons (Fsp3) is 0.154. The van der Waals surface area contributed by atoms with Crippen molar-refractivity contribution in [1.82, 2.24) is 0 Å². The van der Waals surface area contributed by atoms with Gasteiger partial charge in [-0.05, 0) is 18.6 Å². The van der Waals surface area contributed by atoms with Gasteiger partial charge in [0.1, 0.15) is 0 Å². The molecule has 0 spiro atoms. The number of benzene rings is 1. The van der Waals surface area contributed by atoms with Crippen molar-refractivity contribution >= 4 is 12.0 Å². The first-order valence-corrected chi connectivity index (χ1v) is 4.95. The highest BCUT2D eigenvalue weighted by Gasteiger charge is 2.10. The van der Waals surface area contributed by atoms with Crippen LogP contribution in [0.15, 0.2) is 36.5 Å². The van der Waals surface area contributed by atoms with Gasteiger partial charge in [0.15, 0.2) is 24.7 Å². The van der Waals surface area contributed by atoms with Crippen molar-refractivity contribution in [2.24, 2.45) is 0 Å². The summed E-state index contributed by atoms with van der Waals surface area (Å²) in [4.78, 5) is 11.0. The van der Waals surface area contributed by atoms with Crippen molar-refractivity contribution in [2.45, 2.75) is 13.0 Å². The Balaban J connectivity index is 2.10. The molecule has 0 saturated carbocycles. The average molecular weight is 199 g/mol. The van der Waals surface area contributed by atoms with Crippen LogP contribution in [-0.2, 0) is 11.3 Å².